The maximum absolute atomic E-state index is 13.2. The zero-order valence-corrected chi connectivity index (χ0v) is 19.5. The minimum Gasteiger partial charge on any atom is -0.465 e. The summed E-state index contributed by atoms with van der Waals surface area (Å²) < 4.78 is 79.0. The van der Waals surface area contributed by atoms with Crippen LogP contribution in [0, 0.1) is 5.41 Å². The van der Waals surface area contributed by atoms with Crippen LogP contribution in [0.15, 0.2) is 42.5 Å². The van der Waals surface area contributed by atoms with E-state index in [9.17, 15) is 36.2 Å². The van der Waals surface area contributed by atoms with Crippen molar-refractivity contribution >= 4 is 6.09 Å². The van der Waals surface area contributed by atoms with Gasteiger partial charge in [-0.15, -0.1) is 0 Å². The van der Waals surface area contributed by atoms with E-state index in [1.165, 1.54) is 4.90 Å². The van der Waals surface area contributed by atoms with Crippen LogP contribution in [0.2, 0.25) is 0 Å². The second kappa shape index (κ2) is 8.95. The molecule has 0 atom stereocenters. The molecular formula is C25H26F6N2O3. The number of amides is 1. The summed E-state index contributed by atoms with van der Waals surface area (Å²) in [5.41, 5.74) is -3.22. The number of carbonyl (C=O) groups is 1. The quantitative estimate of drug-likeness (QED) is 0.522. The highest BCUT2D eigenvalue weighted by Gasteiger charge is 2.71. The van der Waals surface area contributed by atoms with Gasteiger partial charge in [0.2, 0.25) is 0 Å². The Morgan fingerprint density at radius 1 is 0.972 bits per heavy atom. The number of carboxylic acid groups (broad SMARTS) is 1. The first-order valence-electron chi connectivity index (χ1n) is 11.5. The van der Waals surface area contributed by atoms with E-state index in [1.807, 2.05) is 19.1 Å². The molecule has 2 N–H and O–H groups in total. The standard InChI is InChI=1S/C25H26F6N2O3/c1-2-17-11-16(12-32-13-22(14-32)9-10-33(15-22)21(34)35)3-8-20(17)18-4-6-19(7-5-18)23(36,24(26,27)28)25(29,30)31/h3-8,11,36H,2,9-10,12-15H2,1H3,(H,34,35). The predicted octanol–water partition coefficient (Wildman–Crippen LogP) is 5.41. The van der Waals surface area contributed by atoms with Gasteiger partial charge in [-0.2, -0.15) is 26.3 Å². The number of aliphatic hydroxyl groups is 1. The summed E-state index contributed by atoms with van der Waals surface area (Å²) in [6.45, 7) is 5.23. The molecule has 0 aromatic heterocycles. The van der Waals surface area contributed by atoms with Gasteiger partial charge in [0.1, 0.15) is 0 Å². The van der Waals surface area contributed by atoms with Crippen LogP contribution in [-0.2, 0) is 18.6 Å². The average Bonchev–Trinajstić information content (AvgIpc) is 3.23. The van der Waals surface area contributed by atoms with Gasteiger partial charge in [0.25, 0.3) is 5.60 Å². The highest BCUT2D eigenvalue weighted by Crippen LogP contribution is 2.50. The summed E-state index contributed by atoms with van der Waals surface area (Å²) in [6.07, 6.45) is -11.3. The van der Waals surface area contributed by atoms with Crippen LogP contribution >= 0.6 is 0 Å². The molecule has 11 heteroatoms. The maximum atomic E-state index is 13.2. The Morgan fingerprint density at radius 2 is 1.58 bits per heavy atom. The van der Waals surface area contributed by atoms with E-state index in [-0.39, 0.29) is 5.41 Å². The van der Waals surface area contributed by atoms with E-state index in [0.29, 0.717) is 49.3 Å². The molecule has 2 saturated heterocycles. The smallest absolute Gasteiger partial charge is 0.430 e. The number of alkyl halides is 6. The third-order valence-corrected chi connectivity index (χ3v) is 7.22. The van der Waals surface area contributed by atoms with Crippen molar-refractivity contribution < 1.29 is 41.4 Å². The van der Waals surface area contributed by atoms with Crippen LogP contribution in [0.5, 0.6) is 0 Å². The number of aryl methyl sites for hydroxylation is 1. The van der Waals surface area contributed by atoms with Crippen LogP contribution in [-0.4, -0.2) is 64.6 Å². The number of hydrogen-bond acceptors (Lipinski definition) is 3. The zero-order valence-electron chi connectivity index (χ0n) is 19.5. The van der Waals surface area contributed by atoms with Crippen molar-refractivity contribution in [2.45, 2.75) is 44.3 Å². The largest absolute Gasteiger partial charge is 0.465 e. The minimum atomic E-state index is -5.93. The third-order valence-electron chi connectivity index (χ3n) is 7.22. The molecule has 2 aromatic carbocycles. The number of nitrogens with zero attached hydrogens (tertiary/aromatic N) is 2. The summed E-state index contributed by atoms with van der Waals surface area (Å²) >= 11 is 0. The molecule has 4 rings (SSSR count). The van der Waals surface area contributed by atoms with Gasteiger partial charge in [0, 0.05) is 43.7 Å². The lowest BCUT2D eigenvalue weighted by molar-refractivity contribution is -0.376. The number of halogens is 6. The summed E-state index contributed by atoms with van der Waals surface area (Å²) in [5.74, 6) is 0. The number of rotatable bonds is 5. The van der Waals surface area contributed by atoms with Crippen molar-refractivity contribution in [3.05, 3.63) is 59.2 Å². The Hall–Kier alpha value is -2.79. The van der Waals surface area contributed by atoms with Crippen molar-refractivity contribution in [2.24, 2.45) is 5.41 Å². The Kier molecular flexibility index (Phi) is 6.53. The molecule has 196 valence electrons. The molecule has 0 unspecified atom stereocenters. The Morgan fingerprint density at radius 3 is 2.08 bits per heavy atom. The number of hydrogen-bond donors (Lipinski definition) is 2. The SMILES string of the molecule is CCc1cc(CN2CC3(CCN(C(=O)O)C3)C2)ccc1-c1ccc(C(O)(C(F)(F)F)C(F)(F)F)cc1. The summed E-state index contributed by atoms with van der Waals surface area (Å²) in [6, 6.07) is 9.25. The summed E-state index contributed by atoms with van der Waals surface area (Å²) in [5, 5.41) is 18.8. The molecular weight excluding hydrogens is 490 g/mol. The van der Waals surface area contributed by atoms with E-state index < -0.39 is 29.6 Å². The van der Waals surface area contributed by atoms with Crippen LogP contribution in [0.3, 0.4) is 0 Å². The third kappa shape index (κ3) is 4.54. The molecule has 2 aliphatic rings. The summed E-state index contributed by atoms with van der Waals surface area (Å²) in [4.78, 5) is 14.8. The van der Waals surface area contributed by atoms with E-state index in [4.69, 9.17) is 5.11 Å². The first kappa shape index (κ1) is 26.3. The molecule has 0 radical (unpaired) electrons. The van der Waals surface area contributed by atoms with Gasteiger partial charge in [-0.3, -0.25) is 4.90 Å². The van der Waals surface area contributed by atoms with Crippen LogP contribution in [0.25, 0.3) is 11.1 Å². The van der Waals surface area contributed by atoms with Crippen LogP contribution < -0.4 is 0 Å². The van der Waals surface area contributed by atoms with Crippen molar-refractivity contribution in [2.75, 3.05) is 26.2 Å². The highest BCUT2D eigenvalue weighted by molar-refractivity contribution is 5.68. The maximum Gasteiger partial charge on any atom is 0.430 e. The lowest BCUT2D eigenvalue weighted by atomic mass is 9.79. The fraction of sp³-hybridized carbons (Fsp3) is 0.480. The second-order valence-corrected chi connectivity index (χ2v) is 9.73. The molecule has 2 heterocycles. The minimum absolute atomic E-state index is 0.00240. The monoisotopic (exact) mass is 516 g/mol. The lowest BCUT2D eigenvalue weighted by Gasteiger charge is -2.48. The molecule has 0 bridgehead atoms. The van der Waals surface area contributed by atoms with Crippen molar-refractivity contribution in [1.82, 2.24) is 9.80 Å². The predicted molar refractivity (Wildman–Crippen MR) is 119 cm³/mol. The molecule has 2 aromatic rings. The van der Waals surface area contributed by atoms with Crippen molar-refractivity contribution in [1.29, 1.82) is 0 Å². The molecule has 0 saturated carbocycles. The van der Waals surface area contributed by atoms with Gasteiger partial charge < -0.3 is 15.1 Å². The lowest BCUT2D eigenvalue weighted by Crippen LogP contribution is -2.57. The second-order valence-electron chi connectivity index (χ2n) is 9.73. The van der Waals surface area contributed by atoms with E-state index in [2.05, 4.69) is 4.90 Å². The molecule has 5 nitrogen and oxygen atoms in total. The fourth-order valence-corrected chi connectivity index (χ4v) is 5.33. The number of likely N-dealkylation sites (tertiary alicyclic amines) is 2. The topological polar surface area (TPSA) is 64.0 Å². The summed E-state index contributed by atoms with van der Waals surface area (Å²) in [7, 11) is 0. The van der Waals surface area contributed by atoms with E-state index in [0.717, 1.165) is 42.8 Å². The Labute approximate surface area is 203 Å². The zero-order chi connectivity index (χ0) is 26.5. The van der Waals surface area contributed by atoms with Gasteiger partial charge in [-0.05, 0) is 35.1 Å². The fourth-order valence-electron chi connectivity index (χ4n) is 5.33. The van der Waals surface area contributed by atoms with E-state index in [1.54, 1.807) is 6.07 Å². The Bertz CT molecular complexity index is 1110. The van der Waals surface area contributed by atoms with Gasteiger partial charge in [-0.25, -0.2) is 4.79 Å². The van der Waals surface area contributed by atoms with Crippen molar-refractivity contribution in [3.63, 3.8) is 0 Å². The molecule has 2 aliphatic heterocycles. The molecule has 1 amide bonds. The van der Waals surface area contributed by atoms with Crippen LogP contribution in [0.1, 0.15) is 30.0 Å². The van der Waals surface area contributed by atoms with E-state index >= 15 is 0 Å². The molecule has 2 fully saturated rings. The first-order valence-corrected chi connectivity index (χ1v) is 11.5. The van der Waals surface area contributed by atoms with Crippen molar-refractivity contribution in [3.8, 4) is 11.1 Å². The van der Waals surface area contributed by atoms with Gasteiger partial charge >= 0.3 is 18.4 Å². The highest BCUT2D eigenvalue weighted by atomic mass is 19.4. The normalized spacial score (nSPS) is 18.5. The average molecular weight is 516 g/mol. The molecule has 0 aliphatic carbocycles. The van der Waals surface area contributed by atoms with Gasteiger partial charge in [-0.1, -0.05) is 49.4 Å². The van der Waals surface area contributed by atoms with Crippen LogP contribution in [0.4, 0.5) is 31.1 Å². The molecule has 36 heavy (non-hydrogen) atoms. The first-order chi connectivity index (χ1) is 16.7. The molecule has 1 spiro atoms. The number of benzene rings is 2. The Balaban J connectivity index is 1.49. The van der Waals surface area contributed by atoms with Gasteiger partial charge in [0.15, 0.2) is 0 Å². The van der Waals surface area contributed by atoms with Gasteiger partial charge in [0.05, 0.1) is 0 Å².